The van der Waals surface area contributed by atoms with Crippen LogP contribution in [-0.4, -0.2) is 24.5 Å². The summed E-state index contributed by atoms with van der Waals surface area (Å²) in [4.78, 5) is 12.7. The van der Waals surface area contributed by atoms with E-state index in [-0.39, 0.29) is 22.0 Å². The monoisotopic (exact) mass is 438 g/mol. The van der Waals surface area contributed by atoms with Crippen molar-refractivity contribution in [2.45, 2.75) is 18.7 Å². The van der Waals surface area contributed by atoms with E-state index in [0.29, 0.717) is 10.9 Å². The van der Waals surface area contributed by atoms with Crippen LogP contribution >= 0.6 is 0 Å². The van der Waals surface area contributed by atoms with Crippen LogP contribution in [0.25, 0.3) is 10.9 Å². The Morgan fingerprint density at radius 1 is 1.03 bits per heavy atom. The van der Waals surface area contributed by atoms with Crippen molar-refractivity contribution >= 4 is 38.2 Å². The second kappa shape index (κ2) is 7.84. The molecule has 9 heteroatoms. The molecule has 1 heterocycles. The van der Waals surface area contributed by atoms with Crippen molar-refractivity contribution in [3.8, 4) is 0 Å². The molecule has 0 aliphatic carbocycles. The Hall–Kier alpha value is -3.72. The molecular weight excluding hydrogens is 419 g/mol. The Labute approximate surface area is 178 Å². The van der Waals surface area contributed by atoms with Gasteiger partial charge in [-0.3, -0.25) is 14.6 Å². The number of aromatic amines is 1. The molecule has 0 unspecified atom stereocenters. The van der Waals surface area contributed by atoms with Gasteiger partial charge in [-0.15, -0.1) is 0 Å². The molecule has 0 saturated carbocycles. The molecule has 4 aromatic rings. The van der Waals surface area contributed by atoms with Crippen LogP contribution in [0.4, 0.5) is 15.8 Å². The van der Waals surface area contributed by atoms with Gasteiger partial charge >= 0.3 is 0 Å². The number of hydrogen-bond acceptors (Lipinski definition) is 4. The number of nitrogens with one attached hydrogen (secondary N) is 3. The van der Waals surface area contributed by atoms with E-state index in [1.165, 1.54) is 24.3 Å². The normalized spacial score (nSPS) is 11.5. The molecule has 0 radical (unpaired) electrons. The maximum atomic E-state index is 13.9. The molecule has 1 aromatic heterocycles. The van der Waals surface area contributed by atoms with Crippen LogP contribution in [0, 0.1) is 19.7 Å². The number of H-pyrrole nitrogens is 1. The zero-order valence-electron chi connectivity index (χ0n) is 16.7. The van der Waals surface area contributed by atoms with E-state index >= 15 is 0 Å². The van der Waals surface area contributed by atoms with Crippen molar-refractivity contribution in [3.05, 3.63) is 83.3 Å². The fourth-order valence-electron chi connectivity index (χ4n) is 3.20. The summed E-state index contributed by atoms with van der Waals surface area (Å²) in [6.07, 6.45) is 0. The van der Waals surface area contributed by atoms with Crippen molar-refractivity contribution in [2.75, 3.05) is 10.0 Å². The first-order chi connectivity index (χ1) is 14.7. The maximum Gasteiger partial charge on any atom is 0.276 e. The number of anilines is 2. The number of aromatic nitrogens is 2. The number of nitrogens with zero attached hydrogens (tertiary/aromatic N) is 1. The van der Waals surface area contributed by atoms with E-state index in [9.17, 15) is 17.6 Å². The number of aryl methyl sites for hydroxylation is 2. The first-order valence-electron chi connectivity index (χ1n) is 9.39. The SMILES string of the molecule is Cc1ccc2[nH]nc(C(=O)Nc3ccc(C)c(S(=O)(=O)Nc4ccccc4F)c3)c2c1. The van der Waals surface area contributed by atoms with Gasteiger partial charge < -0.3 is 5.32 Å². The van der Waals surface area contributed by atoms with Crippen LogP contribution in [0.1, 0.15) is 21.6 Å². The van der Waals surface area contributed by atoms with Gasteiger partial charge in [-0.1, -0.05) is 29.8 Å². The number of benzene rings is 3. The number of amides is 1. The van der Waals surface area contributed by atoms with Crippen molar-refractivity contribution in [3.63, 3.8) is 0 Å². The Morgan fingerprint density at radius 2 is 1.81 bits per heavy atom. The Morgan fingerprint density at radius 3 is 2.58 bits per heavy atom. The molecule has 3 N–H and O–H groups in total. The number of fused-ring (bicyclic) bond motifs is 1. The largest absolute Gasteiger partial charge is 0.321 e. The van der Waals surface area contributed by atoms with E-state index in [0.717, 1.165) is 17.1 Å². The van der Waals surface area contributed by atoms with Crippen LogP contribution in [0.3, 0.4) is 0 Å². The quantitative estimate of drug-likeness (QED) is 0.430. The summed E-state index contributed by atoms with van der Waals surface area (Å²) in [5, 5.41) is 10.2. The third-order valence-corrected chi connectivity index (χ3v) is 6.29. The Kier molecular flexibility index (Phi) is 5.20. The van der Waals surface area contributed by atoms with E-state index in [1.807, 2.05) is 25.1 Å². The molecule has 0 spiro atoms. The summed E-state index contributed by atoms with van der Waals surface area (Å²) in [5.41, 5.74) is 2.46. The molecule has 0 aliphatic rings. The molecule has 158 valence electrons. The number of para-hydroxylation sites is 1. The molecule has 0 bridgehead atoms. The van der Waals surface area contributed by atoms with Crippen molar-refractivity contribution in [1.82, 2.24) is 10.2 Å². The van der Waals surface area contributed by atoms with Crippen molar-refractivity contribution < 1.29 is 17.6 Å². The van der Waals surface area contributed by atoms with Crippen LogP contribution < -0.4 is 10.0 Å². The van der Waals surface area contributed by atoms with Gasteiger partial charge in [-0.05, 0) is 55.8 Å². The highest BCUT2D eigenvalue weighted by molar-refractivity contribution is 7.92. The summed E-state index contributed by atoms with van der Waals surface area (Å²) in [5.74, 6) is -1.17. The summed E-state index contributed by atoms with van der Waals surface area (Å²) in [7, 11) is -4.08. The van der Waals surface area contributed by atoms with Crippen LogP contribution in [0.15, 0.2) is 65.6 Å². The topological polar surface area (TPSA) is 104 Å². The maximum absolute atomic E-state index is 13.9. The average molecular weight is 438 g/mol. The standard InChI is InChI=1S/C22H19FN4O3S/c1-13-7-10-18-16(11-13)21(26-25-18)22(28)24-15-9-8-14(2)20(12-15)31(29,30)27-19-6-4-3-5-17(19)23/h3-12,27H,1-2H3,(H,24,28)(H,25,26). The Bertz CT molecular complexity index is 1410. The molecule has 31 heavy (non-hydrogen) atoms. The zero-order valence-corrected chi connectivity index (χ0v) is 17.5. The smallest absolute Gasteiger partial charge is 0.276 e. The minimum atomic E-state index is -4.08. The van der Waals surface area contributed by atoms with Gasteiger partial charge in [0.05, 0.1) is 16.1 Å². The predicted octanol–water partition coefficient (Wildman–Crippen LogP) is 4.37. The third kappa shape index (κ3) is 4.13. The molecule has 0 saturated heterocycles. The Balaban J connectivity index is 1.64. The summed E-state index contributed by atoms with van der Waals surface area (Å²) < 4.78 is 41.8. The third-order valence-electron chi connectivity index (χ3n) is 4.79. The average Bonchev–Trinajstić information content (AvgIpc) is 3.14. The first kappa shape index (κ1) is 20.5. The number of rotatable bonds is 5. The van der Waals surface area contributed by atoms with E-state index in [2.05, 4.69) is 20.2 Å². The lowest BCUT2D eigenvalue weighted by molar-refractivity contribution is 0.102. The number of sulfonamides is 1. The number of carbonyl (C=O) groups excluding carboxylic acids is 1. The van der Waals surface area contributed by atoms with Crippen LogP contribution in [0.2, 0.25) is 0 Å². The van der Waals surface area contributed by atoms with Gasteiger partial charge in [0, 0.05) is 11.1 Å². The minimum absolute atomic E-state index is 0.0729. The second-order valence-electron chi connectivity index (χ2n) is 7.14. The van der Waals surface area contributed by atoms with E-state index < -0.39 is 21.7 Å². The van der Waals surface area contributed by atoms with Gasteiger partial charge in [0.15, 0.2) is 5.69 Å². The molecular formula is C22H19FN4O3S. The molecule has 1 amide bonds. The second-order valence-corrected chi connectivity index (χ2v) is 8.79. The van der Waals surface area contributed by atoms with Crippen molar-refractivity contribution in [1.29, 1.82) is 0 Å². The molecule has 0 fully saturated rings. The number of halogens is 1. The van der Waals surface area contributed by atoms with Crippen LogP contribution in [-0.2, 0) is 10.0 Å². The summed E-state index contributed by atoms with van der Waals surface area (Å²) in [6.45, 7) is 3.53. The highest BCUT2D eigenvalue weighted by Gasteiger charge is 2.21. The highest BCUT2D eigenvalue weighted by atomic mass is 32.2. The summed E-state index contributed by atoms with van der Waals surface area (Å²) in [6, 6.07) is 15.6. The van der Waals surface area contributed by atoms with Crippen molar-refractivity contribution in [2.24, 2.45) is 0 Å². The number of carbonyl (C=O) groups is 1. The molecule has 7 nitrogen and oxygen atoms in total. The zero-order chi connectivity index (χ0) is 22.2. The number of hydrogen-bond donors (Lipinski definition) is 3. The van der Waals surface area contributed by atoms with Gasteiger partial charge in [0.25, 0.3) is 15.9 Å². The lowest BCUT2D eigenvalue weighted by atomic mass is 10.1. The molecule has 3 aromatic carbocycles. The minimum Gasteiger partial charge on any atom is -0.321 e. The fraction of sp³-hybridized carbons (Fsp3) is 0.0909. The van der Waals surface area contributed by atoms with Gasteiger partial charge in [0.2, 0.25) is 0 Å². The molecule has 4 rings (SSSR count). The van der Waals surface area contributed by atoms with Crippen LogP contribution in [0.5, 0.6) is 0 Å². The van der Waals surface area contributed by atoms with Gasteiger partial charge in [0.1, 0.15) is 5.82 Å². The van der Waals surface area contributed by atoms with Gasteiger partial charge in [-0.2, -0.15) is 5.10 Å². The molecule has 0 aliphatic heterocycles. The highest BCUT2D eigenvalue weighted by Crippen LogP contribution is 2.25. The summed E-state index contributed by atoms with van der Waals surface area (Å²) >= 11 is 0. The molecule has 0 atom stereocenters. The lowest BCUT2D eigenvalue weighted by Crippen LogP contribution is -2.17. The predicted molar refractivity (Wildman–Crippen MR) is 117 cm³/mol. The van der Waals surface area contributed by atoms with E-state index in [1.54, 1.807) is 19.1 Å². The lowest BCUT2D eigenvalue weighted by Gasteiger charge is -2.13. The first-order valence-corrected chi connectivity index (χ1v) is 10.9. The van der Waals surface area contributed by atoms with E-state index in [4.69, 9.17) is 0 Å². The van der Waals surface area contributed by atoms with Gasteiger partial charge in [-0.25, -0.2) is 12.8 Å². The fourth-order valence-corrected chi connectivity index (χ4v) is 4.54.